The highest BCUT2D eigenvalue weighted by Crippen LogP contribution is 2.33. The molecule has 0 unspecified atom stereocenters. The maximum absolute atomic E-state index is 12.7. The quantitative estimate of drug-likeness (QED) is 0.804. The van der Waals surface area contributed by atoms with Gasteiger partial charge in [-0.2, -0.15) is 0 Å². The van der Waals surface area contributed by atoms with Gasteiger partial charge in [-0.1, -0.05) is 41.5 Å². The number of carbonyl (C=O) groups is 2. The molecule has 0 radical (unpaired) electrons. The summed E-state index contributed by atoms with van der Waals surface area (Å²) < 4.78 is 0. The lowest BCUT2D eigenvalue weighted by molar-refractivity contribution is -0.144. The molecular formula is C18H32N2O2. The van der Waals surface area contributed by atoms with E-state index in [9.17, 15) is 9.59 Å². The molecule has 0 aromatic rings. The lowest BCUT2D eigenvalue weighted by Crippen LogP contribution is -2.43. The van der Waals surface area contributed by atoms with Crippen LogP contribution in [0.1, 0.15) is 54.4 Å². The Hall–Kier alpha value is -1.06. The summed E-state index contributed by atoms with van der Waals surface area (Å²) in [5.74, 6) is -0.176. The molecule has 0 aromatic heterocycles. The minimum absolute atomic E-state index is 0.143. The molecule has 2 atom stereocenters. The summed E-state index contributed by atoms with van der Waals surface area (Å²) in [6, 6.07) is 0. The zero-order valence-electron chi connectivity index (χ0n) is 15.1. The number of nitrogens with zero attached hydrogens (tertiary/aromatic N) is 2. The van der Waals surface area contributed by atoms with E-state index in [1.807, 2.05) is 23.6 Å². The minimum atomic E-state index is -0.231. The molecule has 0 aliphatic carbocycles. The van der Waals surface area contributed by atoms with Gasteiger partial charge in [0.05, 0.1) is 0 Å². The molecule has 4 heteroatoms. The minimum Gasteiger partial charge on any atom is -0.342 e. The molecule has 2 rings (SSSR count). The zero-order chi connectivity index (χ0) is 16.7. The van der Waals surface area contributed by atoms with Crippen LogP contribution in [-0.4, -0.2) is 47.8 Å². The first-order chi connectivity index (χ1) is 10.0. The maximum Gasteiger partial charge on any atom is 0.226 e. The highest BCUT2D eigenvalue weighted by Gasteiger charge is 2.39. The molecule has 2 saturated heterocycles. The van der Waals surface area contributed by atoms with Crippen LogP contribution in [0, 0.1) is 22.7 Å². The second kappa shape index (κ2) is 5.86. The van der Waals surface area contributed by atoms with Crippen molar-refractivity contribution in [1.82, 2.24) is 9.80 Å². The van der Waals surface area contributed by atoms with Gasteiger partial charge in [-0.15, -0.1) is 0 Å². The standard InChI is InChI=1S/C18H32N2O2/c1-13(15(21)19-9-7-17(3,4)11-19)14(2)16(22)20-10-8-18(5,6)12-20/h13-14H,7-12H2,1-6H3/t13-,14+. The molecule has 2 fully saturated rings. The fourth-order valence-corrected chi connectivity index (χ4v) is 3.60. The second-order valence-corrected chi connectivity index (χ2v) is 8.93. The Morgan fingerprint density at radius 3 is 1.32 bits per heavy atom. The van der Waals surface area contributed by atoms with Gasteiger partial charge in [-0.3, -0.25) is 9.59 Å². The predicted octanol–water partition coefficient (Wildman–Crippen LogP) is 2.78. The number of hydrogen-bond acceptors (Lipinski definition) is 2. The molecule has 126 valence electrons. The highest BCUT2D eigenvalue weighted by molar-refractivity contribution is 5.87. The van der Waals surface area contributed by atoms with Crippen LogP contribution in [0.15, 0.2) is 0 Å². The number of rotatable bonds is 3. The highest BCUT2D eigenvalue weighted by atomic mass is 16.2. The van der Waals surface area contributed by atoms with Crippen molar-refractivity contribution in [3.8, 4) is 0 Å². The average molecular weight is 308 g/mol. The van der Waals surface area contributed by atoms with E-state index in [2.05, 4.69) is 27.7 Å². The third-order valence-corrected chi connectivity index (χ3v) is 5.51. The second-order valence-electron chi connectivity index (χ2n) is 8.93. The number of carbonyl (C=O) groups excluding carboxylic acids is 2. The van der Waals surface area contributed by atoms with Gasteiger partial charge in [0.25, 0.3) is 0 Å². The monoisotopic (exact) mass is 308 g/mol. The summed E-state index contributed by atoms with van der Waals surface area (Å²) in [6.45, 7) is 15.9. The lowest BCUT2D eigenvalue weighted by atomic mass is 9.91. The van der Waals surface area contributed by atoms with Gasteiger partial charge < -0.3 is 9.80 Å². The topological polar surface area (TPSA) is 40.6 Å². The fraction of sp³-hybridized carbons (Fsp3) is 0.889. The third kappa shape index (κ3) is 3.64. The van der Waals surface area contributed by atoms with Gasteiger partial charge >= 0.3 is 0 Å². The van der Waals surface area contributed by atoms with Crippen LogP contribution >= 0.6 is 0 Å². The number of hydrogen-bond donors (Lipinski definition) is 0. The Labute approximate surface area is 135 Å². The van der Waals surface area contributed by atoms with Crippen molar-refractivity contribution in [2.45, 2.75) is 54.4 Å². The van der Waals surface area contributed by atoms with Gasteiger partial charge in [0.2, 0.25) is 11.8 Å². The van der Waals surface area contributed by atoms with Crippen LogP contribution in [-0.2, 0) is 9.59 Å². The molecule has 0 saturated carbocycles. The maximum atomic E-state index is 12.7. The van der Waals surface area contributed by atoms with Gasteiger partial charge in [0.15, 0.2) is 0 Å². The van der Waals surface area contributed by atoms with Crippen molar-refractivity contribution in [2.24, 2.45) is 22.7 Å². The smallest absolute Gasteiger partial charge is 0.226 e. The van der Waals surface area contributed by atoms with Gasteiger partial charge in [0, 0.05) is 38.0 Å². The molecule has 4 nitrogen and oxygen atoms in total. The summed E-state index contributed by atoms with van der Waals surface area (Å²) >= 11 is 0. The van der Waals surface area contributed by atoms with E-state index in [0.717, 1.165) is 39.0 Å². The van der Waals surface area contributed by atoms with E-state index in [1.54, 1.807) is 0 Å². The van der Waals surface area contributed by atoms with Crippen LogP contribution < -0.4 is 0 Å². The normalized spacial score (nSPS) is 26.1. The van der Waals surface area contributed by atoms with Crippen molar-refractivity contribution < 1.29 is 9.59 Å². The van der Waals surface area contributed by atoms with E-state index in [4.69, 9.17) is 0 Å². The molecule has 2 aliphatic heterocycles. The van der Waals surface area contributed by atoms with Crippen LogP contribution in [0.25, 0.3) is 0 Å². The Balaban J connectivity index is 1.95. The average Bonchev–Trinajstić information content (AvgIpc) is 2.97. The van der Waals surface area contributed by atoms with Crippen molar-refractivity contribution in [3.63, 3.8) is 0 Å². The van der Waals surface area contributed by atoms with Crippen molar-refractivity contribution in [1.29, 1.82) is 0 Å². The van der Waals surface area contributed by atoms with E-state index in [-0.39, 0.29) is 34.5 Å². The Bertz CT molecular complexity index is 414. The Kier molecular flexibility index (Phi) is 4.61. The predicted molar refractivity (Wildman–Crippen MR) is 88.3 cm³/mol. The Morgan fingerprint density at radius 1 is 0.773 bits per heavy atom. The van der Waals surface area contributed by atoms with Gasteiger partial charge in [-0.05, 0) is 23.7 Å². The first-order valence-electron chi connectivity index (χ1n) is 8.60. The number of likely N-dealkylation sites (tertiary alicyclic amines) is 2. The van der Waals surface area contributed by atoms with Gasteiger partial charge in [0.1, 0.15) is 0 Å². The van der Waals surface area contributed by atoms with Crippen molar-refractivity contribution >= 4 is 11.8 Å². The van der Waals surface area contributed by atoms with E-state index in [1.165, 1.54) is 0 Å². The lowest BCUT2D eigenvalue weighted by Gasteiger charge is -2.29. The Morgan fingerprint density at radius 2 is 1.09 bits per heavy atom. The van der Waals surface area contributed by atoms with E-state index < -0.39 is 0 Å². The molecule has 2 heterocycles. The summed E-state index contributed by atoms with van der Waals surface area (Å²) in [4.78, 5) is 29.2. The summed E-state index contributed by atoms with van der Waals surface area (Å²) in [5, 5.41) is 0. The first-order valence-corrected chi connectivity index (χ1v) is 8.60. The van der Waals surface area contributed by atoms with E-state index >= 15 is 0 Å². The molecule has 22 heavy (non-hydrogen) atoms. The number of amides is 2. The third-order valence-electron chi connectivity index (χ3n) is 5.51. The molecular weight excluding hydrogens is 276 g/mol. The zero-order valence-corrected chi connectivity index (χ0v) is 15.1. The van der Waals surface area contributed by atoms with Crippen LogP contribution in [0.2, 0.25) is 0 Å². The fourth-order valence-electron chi connectivity index (χ4n) is 3.60. The largest absolute Gasteiger partial charge is 0.342 e. The molecule has 2 aliphatic rings. The summed E-state index contributed by atoms with van der Waals surface area (Å²) in [5.41, 5.74) is 0.420. The van der Waals surface area contributed by atoms with Crippen LogP contribution in [0.3, 0.4) is 0 Å². The molecule has 0 spiro atoms. The van der Waals surface area contributed by atoms with Crippen LogP contribution in [0.5, 0.6) is 0 Å². The SMILES string of the molecule is C[C@H](C(=O)N1CCC(C)(C)C1)[C@@H](C)C(=O)N1CCC(C)(C)C1. The van der Waals surface area contributed by atoms with Crippen LogP contribution in [0.4, 0.5) is 0 Å². The van der Waals surface area contributed by atoms with Crippen molar-refractivity contribution in [2.75, 3.05) is 26.2 Å². The molecule has 0 bridgehead atoms. The van der Waals surface area contributed by atoms with Crippen molar-refractivity contribution in [3.05, 3.63) is 0 Å². The first kappa shape index (κ1) is 17.3. The summed E-state index contributed by atoms with van der Waals surface area (Å²) in [7, 11) is 0. The summed E-state index contributed by atoms with van der Waals surface area (Å²) in [6.07, 6.45) is 2.10. The van der Waals surface area contributed by atoms with Gasteiger partial charge in [-0.25, -0.2) is 0 Å². The molecule has 0 aromatic carbocycles. The molecule has 0 N–H and O–H groups in total. The van der Waals surface area contributed by atoms with E-state index in [0.29, 0.717) is 0 Å². The molecule has 2 amide bonds.